The molecule has 0 saturated carbocycles. The van der Waals surface area contributed by atoms with Crippen LogP contribution < -0.4 is 0 Å². The molecule has 0 bridgehead atoms. The van der Waals surface area contributed by atoms with E-state index in [0.717, 1.165) is 11.0 Å². The average molecular weight is 519 g/mol. The van der Waals surface area contributed by atoms with E-state index < -0.39 is 5.97 Å². The van der Waals surface area contributed by atoms with Gasteiger partial charge in [0.25, 0.3) is 0 Å². The zero-order valence-electron chi connectivity index (χ0n) is 22.6. The minimum Gasteiger partial charge on any atom is -0.454 e. The maximum absolute atomic E-state index is 11.5. The fraction of sp³-hybridized carbons (Fsp3) is 0.364. The predicted octanol–water partition coefficient (Wildman–Crippen LogP) is 0.340. The van der Waals surface area contributed by atoms with Crippen molar-refractivity contribution in [3.63, 3.8) is 0 Å². The lowest BCUT2D eigenvalue weighted by Crippen LogP contribution is -2.37. The van der Waals surface area contributed by atoms with Crippen LogP contribution in [0.5, 0.6) is 0 Å². The van der Waals surface area contributed by atoms with E-state index in [9.17, 15) is 4.79 Å². The van der Waals surface area contributed by atoms with Crippen molar-refractivity contribution in [2.45, 2.75) is 6.92 Å². The second-order valence-electron chi connectivity index (χ2n) is 7.61. The topological polar surface area (TPSA) is 54.0 Å². The first-order chi connectivity index (χ1) is 19.0. The predicted molar refractivity (Wildman–Crippen MR) is 150 cm³/mol. The van der Waals surface area contributed by atoms with Crippen molar-refractivity contribution in [2.24, 2.45) is 0 Å². The van der Waals surface area contributed by atoms with Gasteiger partial charge in [-0.25, -0.2) is 4.79 Å². The third-order valence-electron chi connectivity index (χ3n) is 3.46. The molecule has 0 aliphatic rings. The molecule has 0 aliphatic heterocycles. The van der Waals surface area contributed by atoms with Gasteiger partial charge in [-0.15, -0.1) is 0 Å². The van der Waals surface area contributed by atoms with Crippen molar-refractivity contribution < 1.29 is 28.2 Å². The highest BCUT2D eigenvalue weighted by Gasteiger charge is 2.05. The van der Waals surface area contributed by atoms with Gasteiger partial charge in [-0.3, -0.25) is 0 Å². The fourth-order valence-corrected chi connectivity index (χ4v) is 1.75. The number of quaternary nitrogens is 1. The number of carbonyl (C=O) groups excluding carboxylic acids is 1. The summed E-state index contributed by atoms with van der Waals surface area (Å²) in [5.74, 6) is 48.8. The zero-order valence-corrected chi connectivity index (χ0v) is 22.6. The molecule has 6 nitrogen and oxygen atoms in total. The molecule has 0 N–H and O–H groups in total. The first-order valence-electron chi connectivity index (χ1n) is 11.6. The van der Waals surface area contributed by atoms with Crippen LogP contribution in [0, 0.1) is 118 Å². The third kappa shape index (κ3) is 30.9. The number of likely N-dealkylation sites (N-methyl/N-ethyl adjacent to an activating group) is 1. The standard InChI is InChI=1S/C33H28NO5/c1-5-6-7-8-9-10-11-12-13-14-15-16-17-18-19-20-21-22-23-24-33(35)39-32-31-38-30-29-37-28-27-36-26-25-34(2,3)4/h25-32H2,1-4H3/q+1. The summed E-state index contributed by atoms with van der Waals surface area (Å²) in [6, 6.07) is 0. The maximum Gasteiger partial charge on any atom is 0.385 e. The van der Waals surface area contributed by atoms with Crippen LogP contribution in [0.15, 0.2) is 0 Å². The van der Waals surface area contributed by atoms with Gasteiger partial charge in [-0.1, -0.05) is 5.92 Å². The lowest BCUT2D eigenvalue weighted by molar-refractivity contribution is -0.870. The molecule has 0 heterocycles. The Hall–Kier alpha value is -5.09. The highest BCUT2D eigenvalue weighted by molar-refractivity contribution is 5.89. The number of hydrogen-bond donors (Lipinski definition) is 0. The van der Waals surface area contributed by atoms with Gasteiger partial charge >= 0.3 is 5.97 Å². The van der Waals surface area contributed by atoms with Gasteiger partial charge in [0, 0.05) is 17.8 Å². The smallest absolute Gasteiger partial charge is 0.385 e. The van der Waals surface area contributed by atoms with Crippen molar-refractivity contribution >= 4 is 5.97 Å². The molecule has 0 radical (unpaired) electrons. The van der Waals surface area contributed by atoms with Crippen LogP contribution in [0.4, 0.5) is 0 Å². The van der Waals surface area contributed by atoms with Gasteiger partial charge in [-0.05, 0) is 102 Å². The quantitative estimate of drug-likeness (QED) is 0.123. The molecule has 6 heteroatoms. The second kappa shape index (κ2) is 26.0. The van der Waals surface area contributed by atoms with E-state index in [1.165, 1.54) is 0 Å². The van der Waals surface area contributed by atoms with Crippen molar-refractivity contribution in [3.05, 3.63) is 0 Å². The Kier molecular flexibility index (Phi) is 22.6. The maximum atomic E-state index is 11.5. The van der Waals surface area contributed by atoms with E-state index >= 15 is 0 Å². The molecule has 0 amide bonds. The summed E-state index contributed by atoms with van der Waals surface area (Å²) < 4.78 is 22.0. The number of nitrogens with zero attached hydrogens (tertiary/aromatic N) is 1. The summed E-state index contributed by atoms with van der Waals surface area (Å²) in [6.45, 7) is 5.54. The second-order valence-corrected chi connectivity index (χ2v) is 7.61. The van der Waals surface area contributed by atoms with Crippen molar-refractivity contribution in [3.8, 4) is 118 Å². The summed E-state index contributed by atoms with van der Waals surface area (Å²) in [5.41, 5.74) is 0. The number of rotatable bonds is 12. The number of esters is 1. The Morgan fingerprint density at radius 3 is 1.21 bits per heavy atom. The van der Waals surface area contributed by atoms with Crippen molar-refractivity contribution in [2.75, 3.05) is 73.9 Å². The van der Waals surface area contributed by atoms with Crippen LogP contribution in [0.1, 0.15) is 6.92 Å². The van der Waals surface area contributed by atoms with Crippen molar-refractivity contribution in [1.82, 2.24) is 0 Å². The summed E-state index contributed by atoms with van der Waals surface area (Å²) >= 11 is 0. The van der Waals surface area contributed by atoms with Gasteiger partial charge < -0.3 is 23.4 Å². The highest BCUT2D eigenvalue weighted by Crippen LogP contribution is 1.89. The Morgan fingerprint density at radius 2 is 0.821 bits per heavy atom. The van der Waals surface area contributed by atoms with Gasteiger partial charge in [0.05, 0.1) is 60.8 Å². The van der Waals surface area contributed by atoms with Crippen LogP contribution >= 0.6 is 0 Å². The Bertz CT molecular complexity index is 1430. The molecule has 0 aliphatic carbocycles. The summed E-state index contributed by atoms with van der Waals surface area (Å²) in [6.07, 6.45) is 0. The molecule has 194 valence electrons. The van der Waals surface area contributed by atoms with E-state index in [2.05, 4.69) is 140 Å². The molecule has 0 saturated heterocycles. The normalized spacial score (nSPS) is 7.69. The molecule has 0 fully saturated rings. The van der Waals surface area contributed by atoms with E-state index in [4.69, 9.17) is 18.9 Å². The van der Waals surface area contributed by atoms with Crippen LogP contribution in [-0.4, -0.2) is 84.4 Å². The largest absolute Gasteiger partial charge is 0.454 e. The Labute approximate surface area is 233 Å². The van der Waals surface area contributed by atoms with Gasteiger partial charge in [0.1, 0.15) is 13.2 Å². The third-order valence-corrected chi connectivity index (χ3v) is 3.46. The molecule has 0 unspecified atom stereocenters. The summed E-state index contributed by atoms with van der Waals surface area (Å²) in [5, 5.41) is 0. The van der Waals surface area contributed by atoms with Crippen LogP contribution in [0.25, 0.3) is 0 Å². The molecular formula is C33H28NO5+. The number of ether oxygens (including phenoxy) is 4. The molecule has 0 aromatic rings. The van der Waals surface area contributed by atoms with Crippen LogP contribution in [-0.2, 0) is 23.7 Å². The fourth-order valence-electron chi connectivity index (χ4n) is 1.75. The minimum absolute atomic E-state index is 0.0842. The molecule has 0 rings (SSSR count). The van der Waals surface area contributed by atoms with Gasteiger partial charge in [-0.2, -0.15) is 0 Å². The van der Waals surface area contributed by atoms with Gasteiger partial charge in [0.2, 0.25) is 0 Å². The minimum atomic E-state index is -0.702. The average Bonchev–Trinajstić information content (AvgIpc) is 2.90. The SMILES string of the molecule is CC#CC#CC#CC#CC#CC#CC#CC#CC#CC#CC(=O)OCCOCCOCCOCC[N+](C)(C)C. The Morgan fingerprint density at radius 1 is 0.487 bits per heavy atom. The molecule has 0 aromatic heterocycles. The van der Waals surface area contributed by atoms with E-state index in [-0.39, 0.29) is 13.2 Å². The monoisotopic (exact) mass is 518 g/mol. The Balaban J connectivity index is 3.95. The van der Waals surface area contributed by atoms with E-state index in [1.807, 2.05) is 0 Å². The summed E-state index contributed by atoms with van der Waals surface area (Å²) in [7, 11) is 6.34. The molecule has 0 spiro atoms. The highest BCUT2D eigenvalue weighted by atomic mass is 16.6. The van der Waals surface area contributed by atoms with Crippen LogP contribution in [0.3, 0.4) is 0 Å². The molecule has 39 heavy (non-hydrogen) atoms. The van der Waals surface area contributed by atoms with Crippen LogP contribution in [0.2, 0.25) is 0 Å². The van der Waals surface area contributed by atoms with Crippen molar-refractivity contribution in [1.29, 1.82) is 0 Å². The lowest BCUT2D eigenvalue weighted by Gasteiger charge is -2.23. The lowest BCUT2D eigenvalue weighted by atomic mass is 10.4. The molecule has 0 aromatic carbocycles. The van der Waals surface area contributed by atoms with Gasteiger partial charge in [0.15, 0.2) is 0 Å². The number of hydrogen-bond acceptors (Lipinski definition) is 5. The zero-order chi connectivity index (χ0) is 28.7. The molecule has 0 atom stereocenters. The first-order valence-corrected chi connectivity index (χ1v) is 11.6. The number of carbonyl (C=O) groups is 1. The first kappa shape index (κ1) is 33.9. The van der Waals surface area contributed by atoms with E-state index in [0.29, 0.717) is 33.0 Å². The van der Waals surface area contributed by atoms with E-state index in [1.54, 1.807) is 6.92 Å². The summed E-state index contributed by atoms with van der Waals surface area (Å²) in [4.78, 5) is 11.5. The molecular weight excluding hydrogens is 490 g/mol.